The van der Waals surface area contributed by atoms with Crippen molar-refractivity contribution in [3.63, 3.8) is 0 Å². The Morgan fingerprint density at radius 2 is 1.94 bits per heavy atom. The average molecular weight is 269 g/mol. The van der Waals surface area contributed by atoms with Crippen LogP contribution < -0.4 is 0 Å². The lowest BCUT2D eigenvalue weighted by Gasteiger charge is -2.36. The van der Waals surface area contributed by atoms with Gasteiger partial charge in [0.15, 0.2) is 9.84 Å². The summed E-state index contributed by atoms with van der Waals surface area (Å²) in [6, 6.07) is 9.35. The van der Waals surface area contributed by atoms with Crippen LogP contribution in [0.4, 0.5) is 4.79 Å². The van der Waals surface area contributed by atoms with Crippen molar-refractivity contribution in [2.24, 2.45) is 0 Å². The summed E-state index contributed by atoms with van der Waals surface area (Å²) >= 11 is 0. The fraction of sp³-hybridized carbons (Fsp3) is 0.417. The molecule has 0 bridgehead atoms. The number of carbonyl (C=O) groups is 1. The number of hydrogen-bond donors (Lipinski definition) is 0. The molecular weight excluding hydrogens is 254 g/mol. The first-order valence-electron chi connectivity index (χ1n) is 5.61. The summed E-state index contributed by atoms with van der Waals surface area (Å²) in [4.78, 5) is 13.0. The molecule has 98 valence electrons. The molecule has 0 atom stereocenters. The van der Waals surface area contributed by atoms with Crippen molar-refractivity contribution in [1.82, 2.24) is 4.90 Å². The van der Waals surface area contributed by atoms with E-state index >= 15 is 0 Å². The first kappa shape index (κ1) is 12.9. The van der Waals surface area contributed by atoms with E-state index in [0.717, 1.165) is 5.56 Å². The summed E-state index contributed by atoms with van der Waals surface area (Å²) in [6.45, 7) is 0.665. The molecule has 0 aromatic heterocycles. The van der Waals surface area contributed by atoms with E-state index in [-0.39, 0.29) is 19.7 Å². The Kier molecular flexibility index (Phi) is 3.56. The molecule has 1 aromatic rings. The van der Waals surface area contributed by atoms with Crippen LogP contribution in [0, 0.1) is 0 Å². The lowest BCUT2D eigenvalue weighted by atomic mass is 10.2. The molecular formula is C12H15NO4S. The predicted octanol–water partition coefficient (Wildman–Crippen LogP) is 1.05. The molecule has 0 saturated carbocycles. The van der Waals surface area contributed by atoms with Crippen molar-refractivity contribution in [3.8, 4) is 0 Å². The first-order valence-corrected chi connectivity index (χ1v) is 7.57. The Morgan fingerprint density at radius 3 is 2.50 bits per heavy atom. The van der Waals surface area contributed by atoms with E-state index in [1.807, 2.05) is 30.3 Å². The van der Waals surface area contributed by atoms with Crippen molar-refractivity contribution in [1.29, 1.82) is 0 Å². The Balaban J connectivity index is 1.78. The standard InChI is InChI=1S/C12H15NO4S/c1-18(15,16)11-7-13(8-11)12(14)17-9-10-5-3-2-4-6-10/h2-6,11H,7-9H2,1H3. The SMILES string of the molecule is CS(=O)(=O)C1CN(C(=O)OCc2ccccc2)C1. The van der Waals surface area contributed by atoms with Gasteiger partial charge in [-0.05, 0) is 5.56 Å². The molecule has 18 heavy (non-hydrogen) atoms. The summed E-state index contributed by atoms with van der Waals surface area (Å²) in [5.41, 5.74) is 0.908. The van der Waals surface area contributed by atoms with E-state index in [9.17, 15) is 13.2 Å². The molecule has 6 heteroatoms. The van der Waals surface area contributed by atoms with Gasteiger partial charge in [-0.3, -0.25) is 0 Å². The molecule has 5 nitrogen and oxygen atoms in total. The number of benzene rings is 1. The van der Waals surface area contributed by atoms with Crippen LogP contribution in [0.3, 0.4) is 0 Å². The van der Waals surface area contributed by atoms with Crippen LogP contribution in [0.2, 0.25) is 0 Å². The second kappa shape index (κ2) is 4.97. The zero-order valence-electron chi connectivity index (χ0n) is 10.1. The Morgan fingerprint density at radius 1 is 1.33 bits per heavy atom. The maximum absolute atomic E-state index is 11.6. The maximum Gasteiger partial charge on any atom is 0.410 e. The van der Waals surface area contributed by atoms with Gasteiger partial charge in [0.1, 0.15) is 6.61 Å². The summed E-state index contributed by atoms with van der Waals surface area (Å²) in [7, 11) is -3.05. The second-order valence-corrected chi connectivity index (χ2v) is 6.72. The summed E-state index contributed by atoms with van der Waals surface area (Å²) in [6.07, 6.45) is 0.725. The largest absolute Gasteiger partial charge is 0.445 e. The molecule has 0 unspecified atom stereocenters. The molecule has 1 aliphatic heterocycles. The van der Waals surface area contributed by atoms with E-state index in [1.165, 1.54) is 11.2 Å². The van der Waals surface area contributed by atoms with E-state index < -0.39 is 21.2 Å². The van der Waals surface area contributed by atoms with Crippen LogP contribution in [0.1, 0.15) is 5.56 Å². The van der Waals surface area contributed by atoms with Gasteiger partial charge in [0.2, 0.25) is 0 Å². The fourth-order valence-corrected chi connectivity index (χ4v) is 2.57. The molecule has 0 aliphatic carbocycles. The second-order valence-electron chi connectivity index (χ2n) is 4.40. The number of hydrogen-bond acceptors (Lipinski definition) is 4. The molecule has 0 N–H and O–H groups in total. The summed E-state index contributed by atoms with van der Waals surface area (Å²) in [5, 5.41) is -0.443. The summed E-state index contributed by atoms with van der Waals surface area (Å²) < 4.78 is 27.4. The summed E-state index contributed by atoms with van der Waals surface area (Å²) in [5.74, 6) is 0. The van der Waals surface area contributed by atoms with Crippen LogP contribution >= 0.6 is 0 Å². The fourth-order valence-electron chi connectivity index (χ4n) is 1.67. The number of ether oxygens (including phenoxy) is 1. The quantitative estimate of drug-likeness (QED) is 0.823. The number of carbonyl (C=O) groups excluding carboxylic acids is 1. The van der Waals surface area contributed by atoms with Gasteiger partial charge in [0, 0.05) is 19.3 Å². The van der Waals surface area contributed by atoms with E-state index in [1.54, 1.807) is 0 Å². The number of rotatable bonds is 3. The molecule has 2 rings (SSSR count). The van der Waals surface area contributed by atoms with Gasteiger partial charge in [0.05, 0.1) is 5.25 Å². The normalized spacial score (nSPS) is 16.2. The van der Waals surface area contributed by atoms with Crippen molar-refractivity contribution >= 4 is 15.9 Å². The lowest BCUT2D eigenvalue weighted by Crippen LogP contribution is -2.56. The topological polar surface area (TPSA) is 63.7 Å². The number of likely N-dealkylation sites (tertiary alicyclic amines) is 1. The third kappa shape index (κ3) is 3.01. The minimum Gasteiger partial charge on any atom is -0.445 e. The van der Waals surface area contributed by atoms with Crippen LogP contribution in [0.15, 0.2) is 30.3 Å². The monoisotopic (exact) mass is 269 g/mol. The van der Waals surface area contributed by atoms with Gasteiger partial charge >= 0.3 is 6.09 Å². The van der Waals surface area contributed by atoms with Gasteiger partial charge in [-0.1, -0.05) is 30.3 Å². The van der Waals surface area contributed by atoms with Gasteiger partial charge in [-0.15, -0.1) is 0 Å². The highest BCUT2D eigenvalue weighted by Crippen LogP contribution is 2.16. The van der Waals surface area contributed by atoms with Gasteiger partial charge < -0.3 is 9.64 Å². The van der Waals surface area contributed by atoms with Crippen LogP contribution in [0.5, 0.6) is 0 Å². The first-order chi connectivity index (χ1) is 8.47. The Bertz CT molecular complexity index is 520. The smallest absolute Gasteiger partial charge is 0.410 e. The lowest BCUT2D eigenvalue weighted by molar-refractivity contribution is 0.0768. The Labute approximate surface area is 106 Å². The van der Waals surface area contributed by atoms with E-state index in [4.69, 9.17) is 4.74 Å². The highest BCUT2D eigenvalue weighted by molar-refractivity contribution is 7.91. The van der Waals surface area contributed by atoms with Crippen LogP contribution in [-0.4, -0.2) is 44.0 Å². The van der Waals surface area contributed by atoms with Crippen molar-refractivity contribution in [2.45, 2.75) is 11.9 Å². The third-order valence-electron chi connectivity index (χ3n) is 2.92. The van der Waals surface area contributed by atoms with Crippen molar-refractivity contribution < 1.29 is 17.9 Å². The predicted molar refractivity (Wildman–Crippen MR) is 66.8 cm³/mol. The zero-order valence-corrected chi connectivity index (χ0v) is 10.9. The minimum atomic E-state index is -3.05. The van der Waals surface area contributed by atoms with Crippen LogP contribution in [-0.2, 0) is 21.2 Å². The maximum atomic E-state index is 11.6. The van der Waals surface area contributed by atoms with Gasteiger partial charge in [-0.2, -0.15) is 0 Å². The van der Waals surface area contributed by atoms with Crippen molar-refractivity contribution in [3.05, 3.63) is 35.9 Å². The Hall–Kier alpha value is -1.56. The van der Waals surface area contributed by atoms with Crippen molar-refractivity contribution in [2.75, 3.05) is 19.3 Å². The zero-order chi connectivity index (χ0) is 13.2. The number of amides is 1. The molecule has 1 aromatic carbocycles. The minimum absolute atomic E-state index is 0.208. The third-order valence-corrected chi connectivity index (χ3v) is 4.43. The van der Waals surface area contributed by atoms with Gasteiger partial charge in [0.25, 0.3) is 0 Å². The molecule has 0 spiro atoms. The molecule has 1 amide bonds. The molecule has 1 aliphatic rings. The van der Waals surface area contributed by atoms with E-state index in [0.29, 0.717) is 0 Å². The number of sulfone groups is 1. The molecule has 1 fully saturated rings. The molecule has 0 radical (unpaired) electrons. The van der Waals surface area contributed by atoms with Crippen LogP contribution in [0.25, 0.3) is 0 Å². The van der Waals surface area contributed by atoms with E-state index in [2.05, 4.69) is 0 Å². The number of nitrogens with zero attached hydrogens (tertiary/aromatic N) is 1. The highest BCUT2D eigenvalue weighted by Gasteiger charge is 2.38. The molecule has 1 heterocycles. The molecule has 1 saturated heterocycles. The average Bonchev–Trinajstić information content (AvgIpc) is 2.24. The van der Waals surface area contributed by atoms with Gasteiger partial charge in [-0.25, -0.2) is 13.2 Å². The highest BCUT2D eigenvalue weighted by atomic mass is 32.2.